The number of piperazine rings is 1. The maximum absolute atomic E-state index is 11.5. The molecule has 0 radical (unpaired) electrons. The number of carbonyl (C=O) groups is 1. The minimum atomic E-state index is 0. The van der Waals surface area contributed by atoms with Gasteiger partial charge in [0.1, 0.15) is 5.75 Å². The SMILES string of the molecule is CCNC(=NCc1ccccc1OC1CCCC1)N1CCN(C(C)=O)CC1.I. The number of rotatable bonds is 5. The predicted octanol–water partition coefficient (Wildman–Crippen LogP) is 3.26. The Balaban J connectivity index is 0.00000280. The predicted molar refractivity (Wildman–Crippen MR) is 123 cm³/mol. The van der Waals surface area contributed by atoms with E-state index >= 15 is 0 Å². The minimum absolute atomic E-state index is 0. The van der Waals surface area contributed by atoms with Crippen LogP contribution in [0.2, 0.25) is 0 Å². The summed E-state index contributed by atoms with van der Waals surface area (Å²) in [6, 6.07) is 8.24. The van der Waals surface area contributed by atoms with Crippen LogP contribution in [0.1, 0.15) is 45.1 Å². The molecule has 156 valence electrons. The first kappa shape index (κ1) is 22.8. The van der Waals surface area contributed by atoms with Crippen molar-refractivity contribution >= 4 is 35.8 Å². The molecule has 1 N–H and O–H groups in total. The second-order valence-corrected chi connectivity index (χ2v) is 7.30. The van der Waals surface area contributed by atoms with Crippen molar-refractivity contribution in [1.82, 2.24) is 15.1 Å². The van der Waals surface area contributed by atoms with Gasteiger partial charge < -0.3 is 19.9 Å². The number of amides is 1. The third-order valence-electron chi connectivity index (χ3n) is 5.33. The second kappa shape index (κ2) is 11.5. The summed E-state index contributed by atoms with van der Waals surface area (Å²) in [7, 11) is 0. The number of benzene rings is 1. The molecule has 0 bridgehead atoms. The van der Waals surface area contributed by atoms with Gasteiger partial charge >= 0.3 is 0 Å². The minimum Gasteiger partial charge on any atom is -0.490 e. The van der Waals surface area contributed by atoms with Crippen LogP contribution in [0.5, 0.6) is 5.75 Å². The average Bonchev–Trinajstić information content (AvgIpc) is 3.19. The van der Waals surface area contributed by atoms with Crippen molar-refractivity contribution in [3.8, 4) is 5.75 Å². The normalized spacial score (nSPS) is 18.0. The van der Waals surface area contributed by atoms with E-state index < -0.39 is 0 Å². The van der Waals surface area contributed by atoms with E-state index in [1.165, 1.54) is 12.8 Å². The zero-order valence-electron chi connectivity index (χ0n) is 17.0. The van der Waals surface area contributed by atoms with Gasteiger partial charge in [0.2, 0.25) is 5.91 Å². The van der Waals surface area contributed by atoms with Gasteiger partial charge in [-0.2, -0.15) is 0 Å². The van der Waals surface area contributed by atoms with Crippen molar-refractivity contribution in [3.05, 3.63) is 29.8 Å². The molecular formula is C21H33IN4O2. The Labute approximate surface area is 185 Å². The Bertz CT molecular complexity index is 654. The van der Waals surface area contributed by atoms with Crippen LogP contribution in [0.3, 0.4) is 0 Å². The molecule has 0 aromatic heterocycles. The summed E-state index contributed by atoms with van der Waals surface area (Å²) in [5, 5.41) is 3.39. The van der Waals surface area contributed by atoms with Gasteiger partial charge in [-0.25, -0.2) is 4.99 Å². The monoisotopic (exact) mass is 500 g/mol. The van der Waals surface area contributed by atoms with Gasteiger partial charge in [-0.1, -0.05) is 18.2 Å². The topological polar surface area (TPSA) is 57.2 Å². The number of guanidine groups is 1. The quantitative estimate of drug-likeness (QED) is 0.383. The number of carbonyl (C=O) groups excluding carboxylic acids is 1. The lowest BCUT2D eigenvalue weighted by Gasteiger charge is -2.36. The molecule has 0 atom stereocenters. The fourth-order valence-corrected chi connectivity index (χ4v) is 3.75. The number of aliphatic imine (C=N–C) groups is 1. The van der Waals surface area contributed by atoms with E-state index in [1.54, 1.807) is 6.92 Å². The Morgan fingerprint density at radius 1 is 1.14 bits per heavy atom. The molecule has 2 aliphatic rings. The van der Waals surface area contributed by atoms with Gasteiger partial charge in [0.25, 0.3) is 0 Å². The molecule has 6 nitrogen and oxygen atoms in total. The summed E-state index contributed by atoms with van der Waals surface area (Å²) in [5.74, 6) is 2.02. The molecule has 28 heavy (non-hydrogen) atoms. The average molecular weight is 500 g/mol. The first-order valence-corrected chi connectivity index (χ1v) is 10.2. The van der Waals surface area contributed by atoms with Crippen LogP contribution >= 0.6 is 24.0 Å². The highest BCUT2D eigenvalue weighted by atomic mass is 127. The third kappa shape index (κ3) is 6.25. The zero-order valence-corrected chi connectivity index (χ0v) is 19.4. The van der Waals surface area contributed by atoms with E-state index in [4.69, 9.17) is 9.73 Å². The molecular weight excluding hydrogens is 467 g/mol. The lowest BCUT2D eigenvalue weighted by atomic mass is 10.2. The van der Waals surface area contributed by atoms with E-state index in [0.717, 1.165) is 62.8 Å². The molecule has 1 saturated heterocycles. The molecule has 1 aliphatic heterocycles. The molecule has 0 unspecified atom stereocenters. The van der Waals surface area contributed by atoms with Crippen LogP contribution in [-0.2, 0) is 11.3 Å². The molecule has 1 aromatic carbocycles. The van der Waals surface area contributed by atoms with E-state index in [0.29, 0.717) is 12.6 Å². The zero-order chi connectivity index (χ0) is 19.1. The van der Waals surface area contributed by atoms with Gasteiger partial charge in [0, 0.05) is 45.2 Å². The van der Waals surface area contributed by atoms with Crippen LogP contribution in [0, 0.1) is 0 Å². The van der Waals surface area contributed by atoms with Crippen LogP contribution in [0.4, 0.5) is 0 Å². The van der Waals surface area contributed by atoms with E-state index in [9.17, 15) is 4.79 Å². The van der Waals surface area contributed by atoms with Crippen LogP contribution in [0.15, 0.2) is 29.3 Å². The number of para-hydroxylation sites is 1. The van der Waals surface area contributed by atoms with Gasteiger partial charge in [-0.3, -0.25) is 4.79 Å². The third-order valence-corrected chi connectivity index (χ3v) is 5.33. The lowest BCUT2D eigenvalue weighted by molar-refractivity contribution is -0.130. The van der Waals surface area contributed by atoms with E-state index in [2.05, 4.69) is 29.3 Å². The number of nitrogens with zero attached hydrogens (tertiary/aromatic N) is 3. The van der Waals surface area contributed by atoms with Gasteiger partial charge in [-0.15, -0.1) is 24.0 Å². The molecule has 1 heterocycles. The maximum Gasteiger partial charge on any atom is 0.219 e. The number of nitrogens with one attached hydrogen (secondary N) is 1. The van der Waals surface area contributed by atoms with Crippen molar-refractivity contribution < 1.29 is 9.53 Å². The van der Waals surface area contributed by atoms with Gasteiger partial charge in [-0.05, 0) is 38.7 Å². The molecule has 1 aromatic rings. The summed E-state index contributed by atoms with van der Waals surface area (Å²) < 4.78 is 6.24. The second-order valence-electron chi connectivity index (χ2n) is 7.30. The first-order valence-electron chi connectivity index (χ1n) is 10.2. The van der Waals surface area contributed by atoms with Crippen LogP contribution < -0.4 is 10.1 Å². The number of halogens is 1. The number of hydrogen-bond acceptors (Lipinski definition) is 3. The van der Waals surface area contributed by atoms with Crippen LogP contribution in [0.25, 0.3) is 0 Å². The Morgan fingerprint density at radius 2 is 1.79 bits per heavy atom. The highest BCUT2D eigenvalue weighted by Crippen LogP contribution is 2.27. The first-order chi connectivity index (χ1) is 13.2. The van der Waals surface area contributed by atoms with Gasteiger partial charge in [0.05, 0.1) is 12.6 Å². The summed E-state index contributed by atoms with van der Waals surface area (Å²) in [6.45, 7) is 8.26. The smallest absolute Gasteiger partial charge is 0.219 e. The molecule has 2 fully saturated rings. The standard InChI is InChI=1S/C21H32N4O2.HI/c1-3-22-21(25-14-12-24(13-15-25)17(2)26)23-16-18-8-4-7-11-20(18)27-19-9-5-6-10-19;/h4,7-8,11,19H,3,5-6,9-10,12-16H2,1-2H3,(H,22,23);1H. The maximum atomic E-state index is 11.5. The Morgan fingerprint density at radius 3 is 2.43 bits per heavy atom. The van der Waals surface area contributed by atoms with E-state index in [1.807, 2.05) is 17.0 Å². The highest BCUT2D eigenvalue weighted by Gasteiger charge is 2.21. The number of hydrogen-bond donors (Lipinski definition) is 1. The van der Waals surface area contributed by atoms with Crippen molar-refractivity contribution in [3.63, 3.8) is 0 Å². The Hall–Kier alpha value is -1.51. The fraction of sp³-hybridized carbons (Fsp3) is 0.619. The molecule has 1 amide bonds. The van der Waals surface area contributed by atoms with Crippen LogP contribution in [-0.4, -0.2) is 60.5 Å². The molecule has 1 saturated carbocycles. The summed E-state index contributed by atoms with van der Waals surface area (Å²) >= 11 is 0. The van der Waals surface area contributed by atoms with Crippen molar-refractivity contribution in [2.24, 2.45) is 4.99 Å². The fourth-order valence-electron chi connectivity index (χ4n) is 3.75. The summed E-state index contributed by atoms with van der Waals surface area (Å²) in [5.41, 5.74) is 1.13. The van der Waals surface area contributed by atoms with Crippen molar-refractivity contribution in [2.45, 2.75) is 52.2 Å². The molecule has 7 heteroatoms. The molecule has 0 spiro atoms. The highest BCUT2D eigenvalue weighted by molar-refractivity contribution is 14.0. The lowest BCUT2D eigenvalue weighted by Crippen LogP contribution is -2.53. The molecule has 1 aliphatic carbocycles. The summed E-state index contributed by atoms with van der Waals surface area (Å²) in [4.78, 5) is 20.5. The number of ether oxygens (including phenoxy) is 1. The van der Waals surface area contributed by atoms with Crippen molar-refractivity contribution in [1.29, 1.82) is 0 Å². The Kier molecular flexibility index (Phi) is 9.34. The largest absolute Gasteiger partial charge is 0.490 e. The van der Waals surface area contributed by atoms with Gasteiger partial charge in [0.15, 0.2) is 5.96 Å². The van der Waals surface area contributed by atoms with E-state index in [-0.39, 0.29) is 29.9 Å². The van der Waals surface area contributed by atoms with Crippen molar-refractivity contribution in [2.75, 3.05) is 32.7 Å². The summed E-state index contributed by atoms with van der Waals surface area (Å²) in [6.07, 6.45) is 5.19. The molecule has 3 rings (SSSR count).